The predicted octanol–water partition coefficient (Wildman–Crippen LogP) is 5.27. The number of nitrogens with one attached hydrogen (secondary N) is 1. The van der Waals surface area contributed by atoms with Gasteiger partial charge in [-0.15, -0.1) is 0 Å². The Labute approximate surface area is 180 Å². The second-order valence-corrected chi connectivity index (χ2v) is 7.90. The normalized spacial score (nSPS) is 17.3. The summed E-state index contributed by atoms with van der Waals surface area (Å²) in [6.45, 7) is 7.76. The van der Waals surface area contributed by atoms with E-state index in [4.69, 9.17) is 9.47 Å². The molecule has 0 aromatic heterocycles. The van der Waals surface area contributed by atoms with E-state index in [2.05, 4.69) is 5.32 Å². The lowest BCUT2D eigenvalue weighted by atomic mass is 9.83. The Morgan fingerprint density at radius 1 is 0.933 bits per heavy atom. The summed E-state index contributed by atoms with van der Waals surface area (Å²) in [4.78, 5) is 12.5. The topological polar surface area (TPSA) is 67.8 Å². The van der Waals surface area contributed by atoms with Crippen molar-refractivity contribution in [1.82, 2.24) is 5.32 Å². The monoisotopic (exact) mass is 413 g/mol. The lowest BCUT2D eigenvalue weighted by molar-refractivity contribution is -0.0606. The summed E-state index contributed by atoms with van der Waals surface area (Å²) in [7, 11) is 1.65. The fraction of sp³-hybridized carbons (Fsp3) is 0.480. The Bertz CT molecular complexity index is 752. The molecule has 0 bridgehead atoms. The summed E-state index contributed by atoms with van der Waals surface area (Å²) in [6.07, 6.45) is -1.20. The van der Waals surface area contributed by atoms with E-state index < -0.39 is 18.3 Å². The van der Waals surface area contributed by atoms with Gasteiger partial charge in [-0.2, -0.15) is 0 Å². The van der Waals surface area contributed by atoms with Crippen molar-refractivity contribution in [2.45, 2.75) is 58.5 Å². The summed E-state index contributed by atoms with van der Waals surface area (Å²) in [5, 5.41) is 13.9. The number of carbonyl (C=O) groups excluding carboxylic acids is 1. The highest BCUT2D eigenvalue weighted by Gasteiger charge is 2.34. The number of methoxy groups -OCH3 is 1. The van der Waals surface area contributed by atoms with Crippen molar-refractivity contribution in [1.29, 1.82) is 0 Å². The highest BCUT2D eigenvalue weighted by Crippen LogP contribution is 2.32. The lowest BCUT2D eigenvalue weighted by Gasteiger charge is -2.34. The summed E-state index contributed by atoms with van der Waals surface area (Å²) in [5.74, 6) is -0.416. The standard InChI is InChI=1S/C25H35NO4/c1-6-22(30-25(28)26-19(4)20-13-9-7-10-14-20)17(2)23(27)18(3)24(29-5)21-15-11-8-12-16-21/h7-19,22-24,27H,6H2,1-5H3,(H,26,28)/t17-,18+,19+,22-,23-,24-/m1/s1. The molecule has 2 aromatic carbocycles. The van der Waals surface area contributed by atoms with Crippen molar-refractivity contribution in [2.75, 3.05) is 7.11 Å². The molecule has 0 saturated carbocycles. The molecule has 2 N–H and O–H groups in total. The van der Waals surface area contributed by atoms with Crippen molar-refractivity contribution in [3.8, 4) is 0 Å². The van der Waals surface area contributed by atoms with Crippen LogP contribution in [-0.2, 0) is 9.47 Å². The number of ether oxygens (including phenoxy) is 2. The molecule has 0 aliphatic rings. The van der Waals surface area contributed by atoms with E-state index >= 15 is 0 Å². The van der Waals surface area contributed by atoms with Gasteiger partial charge in [0, 0.05) is 18.9 Å². The minimum absolute atomic E-state index is 0.161. The first-order chi connectivity index (χ1) is 14.4. The molecule has 2 rings (SSSR count). The SMILES string of the molecule is CC[C@@H](OC(=O)N[C@@H](C)c1ccccc1)[C@@H](C)[C@@H](O)[C@H](C)[C@@H](OC)c1ccccc1. The summed E-state index contributed by atoms with van der Waals surface area (Å²) in [6, 6.07) is 19.4. The Morgan fingerprint density at radius 2 is 1.47 bits per heavy atom. The van der Waals surface area contributed by atoms with Gasteiger partial charge >= 0.3 is 6.09 Å². The Hall–Kier alpha value is -2.37. The molecule has 6 atom stereocenters. The maximum absolute atomic E-state index is 12.5. The zero-order valence-electron chi connectivity index (χ0n) is 18.6. The number of benzene rings is 2. The van der Waals surface area contributed by atoms with Crippen LogP contribution in [0.15, 0.2) is 60.7 Å². The fourth-order valence-corrected chi connectivity index (χ4v) is 3.91. The van der Waals surface area contributed by atoms with Crippen molar-refractivity contribution in [2.24, 2.45) is 11.8 Å². The number of aliphatic hydroxyl groups excluding tert-OH is 1. The lowest BCUT2D eigenvalue weighted by Crippen LogP contribution is -2.40. The van der Waals surface area contributed by atoms with E-state index in [-0.39, 0.29) is 24.0 Å². The fourth-order valence-electron chi connectivity index (χ4n) is 3.91. The van der Waals surface area contributed by atoms with E-state index in [0.717, 1.165) is 11.1 Å². The van der Waals surface area contributed by atoms with Gasteiger partial charge in [-0.3, -0.25) is 0 Å². The van der Waals surface area contributed by atoms with Crippen molar-refractivity contribution in [3.63, 3.8) is 0 Å². The van der Waals surface area contributed by atoms with Gasteiger partial charge in [0.1, 0.15) is 6.10 Å². The smallest absolute Gasteiger partial charge is 0.407 e. The minimum atomic E-state index is -0.695. The number of amides is 1. The molecular weight excluding hydrogens is 378 g/mol. The number of aliphatic hydroxyl groups is 1. The molecule has 0 saturated heterocycles. The molecule has 1 amide bonds. The van der Waals surface area contributed by atoms with Gasteiger partial charge in [-0.25, -0.2) is 4.79 Å². The molecule has 0 unspecified atom stereocenters. The van der Waals surface area contributed by atoms with Crippen LogP contribution >= 0.6 is 0 Å². The predicted molar refractivity (Wildman–Crippen MR) is 119 cm³/mol. The molecule has 164 valence electrons. The zero-order chi connectivity index (χ0) is 22.1. The summed E-state index contributed by atoms with van der Waals surface area (Å²) >= 11 is 0. The molecule has 0 aliphatic heterocycles. The van der Waals surface area contributed by atoms with Gasteiger partial charge in [0.25, 0.3) is 0 Å². The second-order valence-electron chi connectivity index (χ2n) is 7.90. The maximum atomic E-state index is 12.5. The molecule has 0 heterocycles. The van der Waals surface area contributed by atoms with E-state index in [0.29, 0.717) is 6.42 Å². The first-order valence-electron chi connectivity index (χ1n) is 10.7. The van der Waals surface area contributed by atoms with Gasteiger partial charge < -0.3 is 19.9 Å². The van der Waals surface area contributed by atoms with Crippen LogP contribution < -0.4 is 5.32 Å². The number of rotatable bonds is 10. The number of carbonyl (C=O) groups is 1. The van der Waals surface area contributed by atoms with Crippen LogP contribution in [0.2, 0.25) is 0 Å². The second kappa shape index (κ2) is 11.7. The van der Waals surface area contributed by atoms with E-state index in [1.807, 2.05) is 88.4 Å². The van der Waals surface area contributed by atoms with Gasteiger partial charge in [0.15, 0.2) is 0 Å². The highest BCUT2D eigenvalue weighted by molar-refractivity contribution is 5.68. The van der Waals surface area contributed by atoms with E-state index in [9.17, 15) is 9.90 Å². The maximum Gasteiger partial charge on any atom is 0.407 e. The van der Waals surface area contributed by atoms with Crippen LogP contribution in [0.5, 0.6) is 0 Å². The molecule has 0 aliphatic carbocycles. The van der Waals surface area contributed by atoms with Crippen LogP contribution in [0.25, 0.3) is 0 Å². The van der Waals surface area contributed by atoms with Gasteiger partial charge in [0.2, 0.25) is 0 Å². The van der Waals surface area contributed by atoms with Crippen molar-refractivity contribution >= 4 is 6.09 Å². The van der Waals surface area contributed by atoms with E-state index in [1.165, 1.54) is 0 Å². The number of hydrogen-bond donors (Lipinski definition) is 2. The minimum Gasteiger partial charge on any atom is -0.446 e. The quantitative estimate of drug-likeness (QED) is 0.556. The molecular formula is C25H35NO4. The first kappa shape index (κ1) is 23.9. The average molecular weight is 414 g/mol. The Kier molecular flexibility index (Phi) is 9.34. The first-order valence-corrected chi connectivity index (χ1v) is 10.7. The van der Waals surface area contributed by atoms with Gasteiger partial charge in [0.05, 0.1) is 18.2 Å². The third-order valence-electron chi connectivity index (χ3n) is 5.82. The van der Waals surface area contributed by atoms with Gasteiger partial charge in [-0.05, 0) is 24.5 Å². The van der Waals surface area contributed by atoms with Crippen LogP contribution in [0.1, 0.15) is 57.4 Å². The van der Waals surface area contributed by atoms with Crippen LogP contribution in [0.4, 0.5) is 4.79 Å². The molecule has 30 heavy (non-hydrogen) atoms. The molecule has 0 radical (unpaired) electrons. The third kappa shape index (κ3) is 6.31. The van der Waals surface area contributed by atoms with Crippen molar-refractivity contribution in [3.05, 3.63) is 71.8 Å². The average Bonchev–Trinajstić information content (AvgIpc) is 2.78. The molecule has 2 aromatic rings. The van der Waals surface area contributed by atoms with Crippen molar-refractivity contribution < 1.29 is 19.4 Å². The zero-order valence-corrected chi connectivity index (χ0v) is 18.6. The number of hydrogen-bond acceptors (Lipinski definition) is 4. The molecule has 5 heteroatoms. The van der Waals surface area contributed by atoms with Crippen LogP contribution in [0, 0.1) is 11.8 Å². The van der Waals surface area contributed by atoms with Crippen LogP contribution in [-0.4, -0.2) is 30.5 Å². The Morgan fingerprint density at radius 3 is 1.97 bits per heavy atom. The highest BCUT2D eigenvalue weighted by atomic mass is 16.6. The molecule has 5 nitrogen and oxygen atoms in total. The van der Waals surface area contributed by atoms with Gasteiger partial charge in [-0.1, -0.05) is 81.4 Å². The largest absolute Gasteiger partial charge is 0.446 e. The van der Waals surface area contributed by atoms with E-state index in [1.54, 1.807) is 7.11 Å². The number of alkyl carbamates (subject to hydrolysis) is 1. The third-order valence-corrected chi connectivity index (χ3v) is 5.82. The summed E-state index contributed by atoms with van der Waals surface area (Å²) in [5.41, 5.74) is 2.03. The Balaban J connectivity index is 1.99. The van der Waals surface area contributed by atoms with Crippen LogP contribution in [0.3, 0.4) is 0 Å². The molecule has 0 fully saturated rings. The molecule has 0 spiro atoms. The summed E-state index contributed by atoms with van der Waals surface area (Å²) < 4.78 is 11.4.